The first-order chi connectivity index (χ1) is 11.8. The van der Waals surface area contributed by atoms with Crippen LogP contribution in [0.2, 0.25) is 0 Å². The van der Waals surface area contributed by atoms with Crippen LogP contribution in [0.15, 0.2) is 29.1 Å². The average molecular weight is 360 g/mol. The molecule has 6 heteroatoms. The second kappa shape index (κ2) is 6.69. The summed E-state index contributed by atoms with van der Waals surface area (Å²) >= 11 is 3.22. The fourth-order valence-electron chi connectivity index (χ4n) is 3.59. The fraction of sp³-hybridized carbons (Fsp3) is 0.444. The van der Waals surface area contributed by atoms with E-state index in [1.807, 2.05) is 22.0 Å². The van der Waals surface area contributed by atoms with Crippen LogP contribution in [0.4, 0.5) is 0 Å². The molecule has 0 radical (unpaired) electrons. The molecule has 0 atom stereocenters. The second-order valence-corrected chi connectivity index (χ2v) is 8.04. The van der Waals surface area contributed by atoms with Gasteiger partial charge >= 0.3 is 0 Å². The second-order valence-electron chi connectivity index (χ2n) is 6.26. The molecule has 0 spiro atoms. The minimum absolute atomic E-state index is 0.144. The zero-order chi connectivity index (χ0) is 16.5. The van der Waals surface area contributed by atoms with Crippen LogP contribution in [0.3, 0.4) is 0 Å². The van der Waals surface area contributed by atoms with E-state index in [2.05, 4.69) is 28.3 Å². The van der Waals surface area contributed by atoms with Crippen LogP contribution in [-0.4, -0.2) is 32.8 Å². The van der Waals surface area contributed by atoms with Crippen molar-refractivity contribution in [3.8, 4) is 10.6 Å². The number of hydrogen-bond acceptors (Lipinski definition) is 4. The van der Waals surface area contributed by atoms with E-state index in [4.69, 9.17) is 0 Å². The zero-order valence-corrected chi connectivity index (χ0v) is 15.4. The van der Waals surface area contributed by atoms with E-state index in [0.29, 0.717) is 6.04 Å². The molecule has 1 aliphatic rings. The number of thiophene rings is 1. The van der Waals surface area contributed by atoms with Gasteiger partial charge in [-0.25, -0.2) is 4.98 Å². The summed E-state index contributed by atoms with van der Waals surface area (Å²) in [6.45, 7) is 2.86. The highest BCUT2D eigenvalue weighted by Gasteiger charge is 2.27. The van der Waals surface area contributed by atoms with Gasteiger partial charge in [-0.2, -0.15) is 0 Å². The van der Waals surface area contributed by atoms with Gasteiger partial charge in [0.1, 0.15) is 11.4 Å². The third-order valence-electron chi connectivity index (χ3n) is 4.82. The molecule has 1 aliphatic carbocycles. The van der Waals surface area contributed by atoms with Crippen LogP contribution in [0.25, 0.3) is 15.5 Å². The van der Waals surface area contributed by atoms with Gasteiger partial charge in [-0.1, -0.05) is 25.3 Å². The third kappa shape index (κ3) is 2.78. The number of aromatic nitrogens is 2. The Bertz CT molecular complexity index is 828. The van der Waals surface area contributed by atoms with E-state index in [1.54, 1.807) is 22.7 Å². The van der Waals surface area contributed by atoms with Gasteiger partial charge in [0.05, 0.1) is 4.88 Å². The summed E-state index contributed by atoms with van der Waals surface area (Å²) in [4.78, 5) is 21.9. The van der Waals surface area contributed by atoms with Gasteiger partial charge in [0, 0.05) is 24.2 Å². The predicted molar refractivity (Wildman–Crippen MR) is 100.0 cm³/mol. The summed E-state index contributed by atoms with van der Waals surface area (Å²) in [6, 6.07) is 4.49. The first-order valence-corrected chi connectivity index (χ1v) is 10.4. The monoisotopic (exact) mass is 359 g/mol. The summed E-state index contributed by atoms with van der Waals surface area (Å²) in [5.41, 5.74) is 1.70. The smallest absolute Gasteiger partial charge is 0.271 e. The van der Waals surface area contributed by atoms with Crippen LogP contribution in [0, 0.1) is 0 Å². The Morgan fingerprint density at radius 2 is 2.17 bits per heavy atom. The number of thiazole rings is 1. The van der Waals surface area contributed by atoms with Gasteiger partial charge in [0.2, 0.25) is 0 Å². The summed E-state index contributed by atoms with van der Waals surface area (Å²) in [6.07, 6.45) is 8.05. The molecule has 4 nitrogen and oxygen atoms in total. The number of imidazole rings is 1. The van der Waals surface area contributed by atoms with Gasteiger partial charge in [0.25, 0.3) is 5.91 Å². The van der Waals surface area contributed by atoms with E-state index in [-0.39, 0.29) is 5.91 Å². The number of hydrogen-bond donors (Lipinski definition) is 0. The molecule has 3 aromatic heterocycles. The Labute approximate surface area is 149 Å². The van der Waals surface area contributed by atoms with Crippen molar-refractivity contribution in [2.24, 2.45) is 0 Å². The number of carbonyl (C=O) groups is 1. The Balaban J connectivity index is 1.66. The normalized spacial score (nSPS) is 15.9. The Morgan fingerprint density at radius 1 is 1.33 bits per heavy atom. The molecule has 1 amide bonds. The van der Waals surface area contributed by atoms with Crippen LogP contribution in [-0.2, 0) is 0 Å². The molecule has 24 heavy (non-hydrogen) atoms. The standard InChI is InChI=1S/C18H21N3OS2/c1-2-20(13-7-4-3-5-8-13)17(22)15-12-24-18-19-14(11-21(15)18)16-9-6-10-23-16/h6,9-13H,2-5,7-8H2,1H3. The summed E-state index contributed by atoms with van der Waals surface area (Å²) in [5.74, 6) is 0.144. The molecular weight excluding hydrogens is 338 g/mol. The van der Waals surface area contributed by atoms with E-state index in [1.165, 1.54) is 19.3 Å². The van der Waals surface area contributed by atoms with Crippen molar-refractivity contribution in [2.45, 2.75) is 45.1 Å². The minimum Gasteiger partial charge on any atom is -0.335 e. The zero-order valence-electron chi connectivity index (χ0n) is 13.8. The molecule has 0 aromatic carbocycles. The van der Waals surface area contributed by atoms with E-state index in [9.17, 15) is 4.79 Å². The maximum absolute atomic E-state index is 13.1. The molecule has 0 saturated heterocycles. The van der Waals surface area contributed by atoms with Crippen molar-refractivity contribution in [1.82, 2.24) is 14.3 Å². The maximum Gasteiger partial charge on any atom is 0.271 e. The van der Waals surface area contributed by atoms with Crippen LogP contribution in [0.1, 0.15) is 49.5 Å². The predicted octanol–water partition coefficient (Wildman–Crippen LogP) is 4.92. The lowest BCUT2D eigenvalue weighted by Gasteiger charge is -2.33. The minimum atomic E-state index is 0.144. The van der Waals surface area contributed by atoms with Gasteiger partial charge in [-0.3, -0.25) is 9.20 Å². The summed E-state index contributed by atoms with van der Waals surface area (Å²) < 4.78 is 1.97. The van der Waals surface area contributed by atoms with Gasteiger partial charge in [-0.05, 0) is 31.2 Å². The molecule has 3 heterocycles. The van der Waals surface area contributed by atoms with Crippen molar-refractivity contribution in [3.63, 3.8) is 0 Å². The van der Waals surface area contributed by atoms with Crippen LogP contribution >= 0.6 is 22.7 Å². The van der Waals surface area contributed by atoms with Gasteiger partial charge in [-0.15, -0.1) is 22.7 Å². The van der Waals surface area contributed by atoms with E-state index in [0.717, 1.165) is 40.6 Å². The lowest BCUT2D eigenvalue weighted by molar-refractivity contribution is 0.0641. The van der Waals surface area contributed by atoms with E-state index >= 15 is 0 Å². The Kier molecular flexibility index (Phi) is 4.41. The topological polar surface area (TPSA) is 37.6 Å². The van der Waals surface area contributed by atoms with Crippen molar-refractivity contribution in [2.75, 3.05) is 6.54 Å². The molecule has 1 fully saturated rings. The number of nitrogens with zero attached hydrogens (tertiary/aromatic N) is 3. The lowest BCUT2D eigenvalue weighted by Crippen LogP contribution is -2.41. The highest BCUT2D eigenvalue weighted by atomic mass is 32.1. The molecule has 0 N–H and O–H groups in total. The molecule has 0 unspecified atom stereocenters. The van der Waals surface area contributed by atoms with Crippen molar-refractivity contribution in [3.05, 3.63) is 34.8 Å². The summed E-state index contributed by atoms with van der Waals surface area (Å²) in [7, 11) is 0. The molecule has 0 aliphatic heterocycles. The van der Waals surface area contributed by atoms with E-state index < -0.39 is 0 Å². The number of rotatable bonds is 4. The molecule has 4 rings (SSSR count). The van der Waals surface area contributed by atoms with Crippen molar-refractivity contribution >= 4 is 33.5 Å². The average Bonchev–Trinajstić information content (AvgIpc) is 3.32. The number of carbonyl (C=O) groups excluding carboxylic acids is 1. The molecule has 3 aromatic rings. The Morgan fingerprint density at radius 3 is 2.88 bits per heavy atom. The summed E-state index contributed by atoms with van der Waals surface area (Å²) in [5, 5.41) is 4.01. The number of amides is 1. The SMILES string of the molecule is CCN(C(=O)c1csc2nc(-c3cccs3)cn12)C1CCCCC1. The molecular formula is C18H21N3OS2. The lowest BCUT2D eigenvalue weighted by atomic mass is 9.94. The first-order valence-electron chi connectivity index (χ1n) is 8.59. The first kappa shape index (κ1) is 15.8. The largest absolute Gasteiger partial charge is 0.335 e. The van der Waals surface area contributed by atoms with Gasteiger partial charge < -0.3 is 4.90 Å². The van der Waals surface area contributed by atoms with Crippen molar-refractivity contribution in [1.29, 1.82) is 0 Å². The van der Waals surface area contributed by atoms with Crippen LogP contribution in [0.5, 0.6) is 0 Å². The quantitative estimate of drug-likeness (QED) is 0.663. The van der Waals surface area contributed by atoms with Gasteiger partial charge in [0.15, 0.2) is 4.96 Å². The fourth-order valence-corrected chi connectivity index (χ4v) is 5.12. The number of fused-ring (bicyclic) bond motifs is 1. The molecule has 126 valence electrons. The highest BCUT2D eigenvalue weighted by Crippen LogP contribution is 2.29. The molecule has 1 saturated carbocycles. The Hall–Kier alpha value is -1.66. The maximum atomic E-state index is 13.1. The highest BCUT2D eigenvalue weighted by molar-refractivity contribution is 7.15. The molecule has 0 bridgehead atoms. The third-order valence-corrected chi connectivity index (χ3v) is 6.55. The van der Waals surface area contributed by atoms with Crippen molar-refractivity contribution < 1.29 is 4.79 Å². The van der Waals surface area contributed by atoms with Crippen LogP contribution < -0.4 is 0 Å².